The minimum atomic E-state index is -0.497. The average molecular weight is 418 g/mol. The molecule has 9 nitrogen and oxygen atoms in total. The molecule has 1 atom stereocenters. The van der Waals surface area contributed by atoms with Gasteiger partial charge in [0.1, 0.15) is 0 Å². The Balaban J connectivity index is 1.62. The molecule has 1 aliphatic carbocycles. The molecule has 1 aromatic carbocycles. The SMILES string of the molecule is COCCNC(=O)[C@H](C1CCCC1)N1CCN(C(=O)c2cccc([N+](=O)[O-])c2)CC1. The van der Waals surface area contributed by atoms with E-state index < -0.39 is 4.92 Å². The van der Waals surface area contributed by atoms with Gasteiger partial charge < -0.3 is 15.0 Å². The van der Waals surface area contributed by atoms with E-state index in [4.69, 9.17) is 4.74 Å². The van der Waals surface area contributed by atoms with E-state index in [1.807, 2.05) is 0 Å². The van der Waals surface area contributed by atoms with Gasteiger partial charge in [0.25, 0.3) is 11.6 Å². The molecule has 2 aliphatic rings. The third kappa shape index (κ3) is 5.34. The third-order valence-corrected chi connectivity index (χ3v) is 6.02. The van der Waals surface area contributed by atoms with Crippen molar-refractivity contribution in [2.24, 2.45) is 5.92 Å². The first kappa shape index (κ1) is 22.2. The number of carbonyl (C=O) groups is 2. The van der Waals surface area contributed by atoms with Crippen molar-refractivity contribution in [2.45, 2.75) is 31.7 Å². The lowest BCUT2D eigenvalue weighted by atomic mass is 9.95. The van der Waals surface area contributed by atoms with E-state index in [-0.39, 0.29) is 23.5 Å². The molecule has 2 fully saturated rings. The predicted molar refractivity (Wildman–Crippen MR) is 111 cm³/mol. The van der Waals surface area contributed by atoms with E-state index in [9.17, 15) is 19.7 Å². The molecule has 0 aromatic heterocycles. The van der Waals surface area contributed by atoms with Crippen LogP contribution in [0.3, 0.4) is 0 Å². The van der Waals surface area contributed by atoms with Crippen molar-refractivity contribution in [1.82, 2.24) is 15.1 Å². The van der Waals surface area contributed by atoms with Crippen LogP contribution >= 0.6 is 0 Å². The highest BCUT2D eigenvalue weighted by Crippen LogP contribution is 2.31. The maximum atomic E-state index is 12.9. The molecule has 1 heterocycles. The number of amides is 2. The Bertz CT molecular complexity index is 758. The number of nitrogens with one attached hydrogen (secondary N) is 1. The fraction of sp³-hybridized carbons (Fsp3) is 0.619. The maximum absolute atomic E-state index is 12.9. The van der Waals surface area contributed by atoms with Crippen LogP contribution in [0.25, 0.3) is 0 Å². The number of nitro groups is 1. The number of non-ortho nitro benzene ring substituents is 1. The fourth-order valence-electron chi connectivity index (χ4n) is 4.47. The molecular formula is C21H30N4O5. The lowest BCUT2D eigenvalue weighted by Gasteiger charge is -2.40. The summed E-state index contributed by atoms with van der Waals surface area (Å²) in [7, 11) is 1.61. The molecule has 0 unspecified atom stereocenters. The van der Waals surface area contributed by atoms with Crippen molar-refractivity contribution in [3.8, 4) is 0 Å². The summed E-state index contributed by atoms with van der Waals surface area (Å²) in [5.74, 6) is 0.171. The van der Waals surface area contributed by atoms with Gasteiger partial charge in [0.2, 0.25) is 5.91 Å². The second kappa shape index (κ2) is 10.5. The van der Waals surface area contributed by atoms with Crippen molar-refractivity contribution in [3.05, 3.63) is 39.9 Å². The summed E-state index contributed by atoms with van der Waals surface area (Å²) in [6.07, 6.45) is 4.40. The van der Waals surface area contributed by atoms with Gasteiger partial charge in [-0.05, 0) is 24.8 Å². The standard InChI is InChI=1S/C21H30N4O5/c1-30-14-9-22-20(26)19(16-5-2-3-6-16)23-10-12-24(13-11-23)21(27)17-7-4-8-18(15-17)25(28)29/h4,7-8,15-16,19H,2-3,5-6,9-14H2,1H3,(H,22,26)/t19-/m0/s1. The Kier molecular flexibility index (Phi) is 7.75. The van der Waals surface area contributed by atoms with Crippen LogP contribution in [-0.4, -0.2) is 79.0 Å². The zero-order chi connectivity index (χ0) is 21.5. The van der Waals surface area contributed by atoms with Gasteiger partial charge in [-0.15, -0.1) is 0 Å². The number of ether oxygens (including phenoxy) is 1. The van der Waals surface area contributed by atoms with Crippen LogP contribution in [0.4, 0.5) is 5.69 Å². The van der Waals surface area contributed by atoms with Crippen molar-refractivity contribution in [1.29, 1.82) is 0 Å². The normalized spacial score (nSPS) is 18.9. The molecule has 1 aromatic rings. The molecule has 1 N–H and O–H groups in total. The van der Waals surface area contributed by atoms with Crippen molar-refractivity contribution < 1.29 is 19.2 Å². The summed E-state index contributed by atoms with van der Waals surface area (Å²) in [5.41, 5.74) is 0.232. The highest BCUT2D eigenvalue weighted by Gasteiger charge is 2.37. The fourth-order valence-corrected chi connectivity index (χ4v) is 4.47. The van der Waals surface area contributed by atoms with Crippen LogP contribution in [0.1, 0.15) is 36.0 Å². The first-order valence-electron chi connectivity index (χ1n) is 10.6. The Morgan fingerprint density at radius 2 is 1.93 bits per heavy atom. The average Bonchev–Trinajstić information content (AvgIpc) is 3.28. The second-order valence-corrected chi connectivity index (χ2v) is 7.91. The molecule has 0 radical (unpaired) electrons. The minimum Gasteiger partial charge on any atom is -0.383 e. The van der Waals surface area contributed by atoms with Crippen LogP contribution in [0.2, 0.25) is 0 Å². The largest absolute Gasteiger partial charge is 0.383 e. The molecule has 1 saturated heterocycles. The van der Waals surface area contributed by atoms with E-state index in [1.165, 1.54) is 18.2 Å². The zero-order valence-corrected chi connectivity index (χ0v) is 17.4. The highest BCUT2D eigenvalue weighted by molar-refractivity contribution is 5.95. The summed E-state index contributed by atoms with van der Waals surface area (Å²) in [5, 5.41) is 14.0. The summed E-state index contributed by atoms with van der Waals surface area (Å²) in [6, 6.07) is 5.65. The first-order chi connectivity index (χ1) is 14.5. The Morgan fingerprint density at radius 1 is 1.23 bits per heavy atom. The van der Waals surface area contributed by atoms with Crippen LogP contribution in [0.5, 0.6) is 0 Å². The molecule has 0 spiro atoms. The van der Waals surface area contributed by atoms with Gasteiger partial charge in [0.05, 0.1) is 17.6 Å². The van der Waals surface area contributed by atoms with Crippen LogP contribution in [0, 0.1) is 16.0 Å². The number of methoxy groups -OCH3 is 1. The van der Waals surface area contributed by atoms with E-state index >= 15 is 0 Å². The van der Waals surface area contributed by atoms with E-state index in [1.54, 1.807) is 18.1 Å². The van der Waals surface area contributed by atoms with Crippen molar-refractivity contribution in [2.75, 3.05) is 46.4 Å². The summed E-state index contributed by atoms with van der Waals surface area (Å²) < 4.78 is 5.03. The van der Waals surface area contributed by atoms with E-state index in [0.29, 0.717) is 50.8 Å². The van der Waals surface area contributed by atoms with Gasteiger partial charge in [-0.3, -0.25) is 24.6 Å². The molecule has 1 aliphatic heterocycles. The Morgan fingerprint density at radius 3 is 2.57 bits per heavy atom. The van der Waals surface area contributed by atoms with E-state index in [2.05, 4.69) is 10.2 Å². The summed E-state index contributed by atoms with van der Waals surface area (Å²) >= 11 is 0. The second-order valence-electron chi connectivity index (χ2n) is 7.91. The van der Waals surface area contributed by atoms with Gasteiger partial charge in [-0.25, -0.2) is 0 Å². The number of piperazine rings is 1. The van der Waals surface area contributed by atoms with Crippen LogP contribution < -0.4 is 5.32 Å². The van der Waals surface area contributed by atoms with Crippen molar-refractivity contribution in [3.63, 3.8) is 0 Å². The molecule has 2 amide bonds. The van der Waals surface area contributed by atoms with E-state index in [0.717, 1.165) is 25.7 Å². The van der Waals surface area contributed by atoms with Crippen molar-refractivity contribution >= 4 is 17.5 Å². The molecule has 0 bridgehead atoms. The summed E-state index contributed by atoms with van der Waals surface area (Å²) in [4.78, 5) is 40.1. The molecule has 3 rings (SSSR count). The van der Waals surface area contributed by atoms with Crippen LogP contribution in [0.15, 0.2) is 24.3 Å². The number of nitrogens with zero attached hydrogens (tertiary/aromatic N) is 3. The smallest absolute Gasteiger partial charge is 0.270 e. The number of benzene rings is 1. The highest BCUT2D eigenvalue weighted by atomic mass is 16.6. The molecule has 1 saturated carbocycles. The number of carbonyl (C=O) groups excluding carboxylic acids is 2. The number of nitro benzene ring substituents is 1. The lowest BCUT2D eigenvalue weighted by molar-refractivity contribution is -0.384. The predicted octanol–water partition coefficient (Wildman–Crippen LogP) is 1.67. The van der Waals surface area contributed by atoms with Gasteiger partial charge >= 0.3 is 0 Å². The quantitative estimate of drug-likeness (QED) is 0.391. The number of hydrogen-bond acceptors (Lipinski definition) is 6. The monoisotopic (exact) mass is 418 g/mol. The maximum Gasteiger partial charge on any atom is 0.270 e. The van der Waals surface area contributed by atoms with Gasteiger partial charge in [0.15, 0.2) is 0 Å². The van der Waals surface area contributed by atoms with Gasteiger partial charge in [-0.1, -0.05) is 18.9 Å². The van der Waals surface area contributed by atoms with Gasteiger partial charge in [0, 0.05) is 57.5 Å². The number of rotatable bonds is 8. The lowest BCUT2D eigenvalue weighted by Crippen LogP contribution is -2.58. The molecule has 164 valence electrons. The molecular weight excluding hydrogens is 388 g/mol. The number of hydrogen-bond donors (Lipinski definition) is 1. The van der Waals surface area contributed by atoms with Gasteiger partial charge in [-0.2, -0.15) is 0 Å². The molecule has 30 heavy (non-hydrogen) atoms. The van der Waals surface area contributed by atoms with Crippen LogP contribution in [-0.2, 0) is 9.53 Å². The Hall–Kier alpha value is -2.52. The third-order valence-electron chi connectivity index (χ3n) is 6.02. The zero-order valence-electron chi connectivity index (χ0n) is 17.4. The summed E-state index contributed by atoms with van der Waals surface area (Å²) in [6.45, 7) is 3.18. The topological polar surface area (TPSA) is 105 Å². The molecule has 9 heteroatoms. The minimum absolute atomic E-state index is 0.0393. The Labute approximate surface area is 176 Å². The first-order valence-corrected chi connectivity index (χ1v) is 10.6.